The smallest absolute Gasteiger partial charge is 0.211 e. The molecule has 1 aromatic heterocycles. The van der Waals surface area contributed by atoms with Crippen LogP contribution >= 0.6 is 11.3 Å². The maximum absolute atomic E-state index is 11.9. The summed E-state index contributed by atoms with van der Waals surface area (Å²) >= 11 is 1.73. The lowest BCUT2D eigenvalue weighted by Crippen LogP contribution is -3.28. The van der Waals surface area contributed by atoms with Gasteiger partial charge in [-0.05, 0) is 32.2 Å². The summed E-state index contributed by atoms with van der Waals surface area (Å²) in [6, 6.07) is 4.32. The second kappa shape index (κ2) is 7.88. The van der Waals surface area contributed by atoms with Crippen LogP contribution in [0.5, 0.6) is 0 Å². The van der Waals surface area contributed by atoms with Crippen molar-refractivity contribution in [1.82, 2.24) is 4.72 Å². The Balaban J connectivity index is 2.14. The highest BCUT2D eigenvalue weighted by atomic mass is 32.2. The SMILES string of the molecule is CC[NH+]1CC[NH+](C(c2cccs2)C(C)NS(=O)(=O)CC)CC1. The van der Waals surface area contributed by atoms with Crippen molar-refractivity contribution in [3.05, 3.63) is 22.4 Å². The molecule has 1 aromatic rings. The molecule has 0 aromatic carbocycles. The second-order valence-corrected chi connectivity index (χ2v) is 9.09. The predicted molar refractivity (Wildman–Crippen MR) is 91.1 cm³/mol. The third kappa shape index (κ3) is 4.52. The Morgan fingerprint density at radius 3 is 2.45 bits per heavy atom. The largest absolute Gasteiger partial charge is 0.326 e. The van der Waals surface area contributed by atoms with Gasteiger partial charge in [0.2, 0.25) is 10.0 Å². The third-order valence-electron chi connectivity index (χ3n) is 4.63. The molecule has 1 aliphatic heterocycles. The molecular weight excluding hydrogens is 318 g/mol. The van der Waals surface area contributed by atoms with E-state index < -0.39 is 10.0 Å². The van der Waals surface area contributed by atoms with Crippen LogP contribution in [0.1, 0.15) is 31.7 Å². The number of sulfonamides is 1. The Labute approximate surface area is 138 Å². The highest BCUT2D eigenvalue weighted by Gasteiger charge is 2.35. The monoisotopic (exact) mass is 347 g/mol. The average Bonchev–Trinajstić information content (AvgIpc) is 3.01. The number of quaternary nitrogens is 2. The Morgan fingerprint density at radius 2 is 1.95 bits per heavy atom. The summed E-state index contributed by atoms with van der Waals surface area (Å²) < 4.78 is 26.8. The summed E-state index contributed by atoms with van der Waals surface area (Å²) in [7, 11) is -3.17. The van der Waals surface area contributed by atoms with Crippen LogP contribution in [0.25, 0.3) is 0 Å². The maximum atomic E-state index is 11.9. The fourth-order valence-electron chi connectivity index (χ4n) is 3.29. The summed E-state index contributed by atoms with van der Waals surface area (Å²) in [5.74, 6) is 0.137. The van der Waals surface area contributed by atoms with Gasteiger partial charge in [-0.2, -0.15) is 0 Å². The molecule has 0 spiro atoms. The van der Waals surface area contributed by atoms with Gasteiger partial charge in [0.25, 0.3) is 0 Å². The number of rotatable bonds is 7. The van der Waals surface area contributed by atoms with Gasteiger partial charge in [-0.15, -0.1) is 11.3 Å². The van der Waals surface area contributed by atoms with E-state index in [0.29, 0.717) is 0 Å². The van der Waals surface area contributed by atoms with E-state index in [2.05, 4.69) is 29.2 Å². The minimum atomic E-state index is -3.17. The first-order valence-corrected chi connectivity index (χ1v) is 10.7. The maximum Gasteiger partial charge on any atom is 0.211 e. The van der Waals surface area contributed by atoms with Crippen LogP contribution in [0.3, 0.4) is 0 Å². The van der Waals surface area contributed by atoms with Crippen molar-refractivity contribution in [3.8, 4) is 0 Å². The van der Waals surface area contributed by atoms with Crippen LogP contribution in [-0.4, -0.2) is 52.9 Å². The highest BCUT2D eigenvalue weighted by Crippen LogP contribution is 2.20. The lowest BCUT2D eigenvalue weighted by atomic mass is 10.1. The van der Waals surface area contributed by atoms with Crippen molar-refractivity contribution in [1.29, 1.82) is 0 Å². The minimum Gasteiger partial charge on any atom is -0.326 e. The van der Waals surface area contributed by atoms with Crippen molar-refractivity contribution in [2.24, 2.45) is 0 Å². The van der Waals surface area contributed by atoms with Gasteiger partial charge >= 0.3 is 0 Å². The van der Waals surface area contributed by atoms with Gasteiger partial charge in [0.15, 0.2) is 0 Å². The number of hydrogen-bond donors (Lipinski definition) is 3. The second-order valence-electron chi connectivity index (χ2n) is 6.06. The molecule has 1 fully saturated rings. The van der Waals surface area contributed by atoms with Crippen LogP contribution in [0.15, 0.2) is 17.5 Å². The molecular formula is C15H29N3O2S2+2. The molecule has 2 unspecified atom stereocenters. The molecule has 2 rings (SSSR count). The van der Waals surface area contributed by atoms with E-state index in [-0.39, 0.29) is 17.8 Å². The van der Waals surface area contributed by atoms with Crippen molar-refractivity contribution in [3.63, 3.8) is 0 Å². The number of hydrogen-bond acceptors (Lipinski definition) is 3. The normalized spacial score (nSPS) is 25.8. The summed E-state index contributed by atoms with van der Waals surface area (Å²) in [5, 5.41) is 2.08. The third-order valence-corrected chi connectivity index (χ3v) is 7.08. The Hall–Kier alpha value is -0.470. The van der Waals surface area contributed by atoms with E-state index >= 15 is 0 Å². The molecule has 0 aliphatic carbocycles. The molecule has 1 saturated heterocycles. The number of nitrogens with one attached hydrogen (secondary N) is 3. The van der Waals surface area contributed by atoms with Crippen LogP contribution in [0, 0.1) is 0 Å². The van der Waals surface area contributed by atoms with Crippen molar-refractivity contribution < 1.29 is 18.2 Å². The molecule has 7 heteroatoms. The highest BCUT2D eigenvalue weighted by molar-refractivity contribution is 7.89. The van der Waals surface area contributed by atoms with Gasteiger partial charge in [0.05, 0.1) is 23.2 Å². The number of likely N-dealkylation sites (N-methyl/N-ethyl adjacent to an activating group) is 1. The minimum absolute atomic E-state index is 0.0817. The molecule has 0 radical (unpaired) electrons. The van der Waals surface area contributed by atoms with Gasteiger partial charge in [-0.1, -0.05) is 6.07 Å². The first kappa shape index (κ1) is 17.9. The van der Waals surface area contributed by atoms with Crippen LogP contribution < -0.4 is 14.5 Å². The van der Waals surface area contributed by atoms with Gasteiger partial charge in [-0.3, -0.25) is 0 Å². The molecule has 3 N–H and O–H groups in total. The fourth-order valence-corrected chi connectivity index (χ4v) is 5.15. The van der Waals surface area contributed by atoms with Crippen LogP contribution in [-0.2, 0) is 10.0 Å². The molecule has 0 bridgehead atoms. The Bertz CT molecular complexity index is 537. The van der Waals surface area contributed by atoms with E-state index in [0.717, 1.165) is 13.1 Å². The molecule has 0 saturated carbocycles. The Kier molecular flexibility index (Phi) is 6.40. The lowest BCUT2D eigenvalue weighted by Gasteiger charge is -2.36. The van der Waals surface area contributed by atoms with Gasteiger partial charge < -0.3 is 9.80 Å². The van der Waals surface area contributed by atoms with Crippen molar-refractivity contribution in [2.45, 2.75) is 32.9 Å². The molecule has 5 nitrogen and oxygen atoms in total. The van der Waals surface area contributed by atoms with Crippen molar-refractivity contribution in [2.75, 3.05) is 38.5 Å². The van der Waals surface area contributed by atoms with Crippen molar-refractivity contribution >= 4 is 21.4 Å². The molecule has 2 heterocycles. The first-order chi connectivity index (χ1) is 10.5. The standard InChI is InChI=1S/C15H27N3O2S2/c1-4-17-8-10-18(11-9-17)15(14-7-6-12-21-14)13(3)16-22(19,20)5-2/h6-7,12-13,15-16H,4-5,8-11H2,1-3H3/p+2. The quantitative estimate of drug-likeness (QED) is 0.588. The topological polar surface area (TPSA) is 55.1 Å². The summed E-state index contributed by atoms with van der Waals surface area (Å²) in [6.45, 7) is 11.6. The van der Waals surface area contributed by atoms with Crippen LogP contribution in [0.2, 0.25) is 0 Å². The average molecular weight is 348 g/mol. The van der Waals surface area contributed by atoms with Gasteiger partial charge in [0.1, 0.15) is 32.2 Å². The number of piperazine rings is 1. The van der Waals surface area contributed by atoms with E-state index in [1.807, 2.05) is 6.92 Å². The summed E-state index contributed by atoms with van der Waals surface area (Å²) in [6.07, 6.45) is 0. The predicted octanol–water partition coefficient (Wildman–Crippen LogP) is -1.08. The molecule has 2 atom stereocenters. The van der Waals surface area contributed by atoms with Gasteiger partial charge in [-0.25, -0.2) is 13.1 Å². The van der Waals surface area contributed by atoms with E-state index in [1.54, 1.807) is 23.2 Å². The molecule has 126 valence electrons. The summed E-state index contributed by atoms with van der Waals surface area (Å²) in [4.78, 5) is 4.43. The van der Waals surface area contributed by atoms with Crippen LogP contribution in [0.4, 0.5) is 0 Å². The van der Waals surface area contributed by atoms with E-state index in [4.69, 9.17) is 0 Å². The zero-order valence-electron chi connectivity index (χ0n) is 13.8. The Morgan fingerprint density at radius 1 is 1.27 bits per heavy atom. The molecule has 22 heavy (non-hydrogen) atoms. The summed E-state index contributed by atoms with van der Waals surface area (Å²) in [5.41, 5.74) is 0. The molecule has 0 amide bonds. The zero-order valence-corrected chi connectivity index (χ0v) is 15.4. The first-order valence-electron chi connectivity index (χ1n) is 8.18. The number of thiophene rings is 1. The van der Waals surface area contributed by atoms with E-state index in [1.165, 1.54) is 29.4 Å². The van der Waals surface area contributed by atoms with E-state index in [9.17, 15) is 8.42 Å². The fraction of sp³-hybridized carbons (Fsp3) is 0.733. The van der Waals surface area contributed by atoms with Gasteiger partial charge in [0, 0.05) is 0 Å². The molecule has 1 aliphatic rings. The zero-order chi connectivity index (χ0) is 16.2. The lowest BCUT2D eigenvalue weighted by molar-refractivity contribution is -1.03.